The molecule has 1 saturated heterocycles. The number of aryl methyl sites for hydroxylation is 2. The molecule has 5 atom stereocenters. The van der Waals surface area contributed by atoms with Crippen LogP contribution < -0.4 is 16.8 Å². The van der Waals surface area contributed by atoms with E-state index in [0.29, 0.717) is 76.2 Å². The number of rotatable bonds is 8. The molecule has 3 aromatic carbocycles. The van der Waals surface area contributed by atoms with Gasteiger partial charge in [-0.25, -0.2) is 18.7 Å². The Balaban J connectivity index is 1.03. The molecule has 0 spiro atoms. The number of nitrogens with zero attached hydrogens (tertiary/aromatic N) is 7. The molecule has 1 amide bonds. The zero-order valence-electron chi connectivity index (χ0n) is 37.8. The van der Waals surface area contributed by atoms with Crippen LogP contribution in [0.25, 0.3) is 28.1 Å². The molecule has 2 unspecified atom stereocenters. The van der Waals surface area contributed by atoms with Crippen molar-refractivity contribution >= 4 is 29.3 Å². The van der Waals surface area contributed by atoms with E-state index in [2.05, 4.69) is 53.7 Å². The highest BCUT2D eigenvalue weighted by Gasteiger charge is 2.92. The van der Waals surface area contributed by atoms with Gasteiger partial charge < -0.3 is 18.8 Å². The maximum atomic E-state index is 15.5. The fourth-order valence-corrected chi connectivity index (χ4v) is 12.3. The monoisotopic (exact) mass is 898 g/mol. The molecule has 6 heterocycles. The number of halogens is 1. The molecular weight excluding hydrogens is 847 g/mol. The van der Waals surface area contributed by atoms with E-state index in [-0.39, 0.29) is 34.5 Å². The van der Waals surface area contributed by atoms with Gasteiger partial charge in [0.05, 0.1) is 40.2 Å². The van der Waals surface area contributed by atoms with Crippen molar-refractivity contribution in [3.63, 3.8) is 0 Å². The number of ether oxygens (including phenoxy) is 1. The first kappa shape index (κ1) is 41.6. The average Bonchev–Trinajstić information content (AvgIpc) is 3.61. The third-order valence-electron chi connectivity index (χ3n) is 15.0. The van der Waals surface area contributed by atoms with E-state index in [1.807, 2.05) is 17.9 Å². The molecule has 4 aromatic heterocycles. The van der Waals surface area contributed by atoms with Crippen molar-refractivity contribution < 1.29 is 23.0 Å². The standard InChI is InChI=1S/C49H52FN8O6P/c1-27-21-34(22-28(2)40(27)50)58-41(56-19-18-55(46(56)61)33-10-12-35(13-11-33)65(7,8)62)39-29(3)54(17-15-36(39)52-58)42(59)38-24-32-23-30(31-16-20-63-47(4,5)25-31)9-14-37(32)57(38)43-48(6)26-49(43,48)44-51-45(60)64-53-44/h9-14,18-19,21-24,29,31,43H,15-17,20,25-26H2,1-8H3,(H,51,53,60)/t29-,31?,43?,48+,49+/m0/s1. The third-order valence-corrected chi connectivity index (χ3v) is 16.6. The van der Waals surface area contributed by atoms with E-state index in [9.17, 15) is 14.2 Å². The Labute approximate surface area is 374 Å². The maximum absolute atomic E-state index is 15.5. The van der Waals surface area contributed by atoms with Crippen molar-refractivity contribution in [1.29, 1.82) is 0 Å². The second kappa shape index (κ2) is 14.0. The molecule has 16 heteroatoms. The Morgan fingerprint density at radius 3 is 2.34 bits per heavy atom. The summed E-state index contributed by atoms with van der Waals surface area (Å²) in [5.74, 6) is 0.164. The van der Waals surface area contributed by atoms with Crippen LogP contribution in [0.15, 0.2) is 87.2 Å². The molecule has 336 valence electrons. The van der Waals surface area contributed by atoms with Gasteiger partial charge in [-0.1, -0.05) is 18.1 Å². The lowest BCUT2D eigenvalue weighted by Gasteiger charge is -2.35. The Hall–Kier alpha value is -6.05. The van der Waals surface area contributed by atoms with Gasteiger partial charge in [-0.3, -0.25) is 23.4 Å². The second-order valence-electron chi connectivity index (χ2n) is 20.0. The number of nitrogens with one attached hydrogen (secondary N) is 1. The van der Waals surface area contributed by atoms with Gasteiger partial charge in [-0.15, -0.1) is 0 Å². The first-order valence-electron chi connectivity index (χ1n) is 22.3. The van der Waals surface area contributed by atoms with Gasteiger partial charge in [0, 0.05) is 59.2 Å². The van der Waals surface area contributed by atoms with E-state index >= 15 is 9.18 Å². The Morgan fingerprint density at radius 2 is 1.68 bits per heavy atom. The second-order valence-corrected chi connectivity index (χ2v) is 23.2. The molecule has 0 bridgehead atoms. The normalized spacial score (nSPS) is 24.6. The quantitative estimate of drug-likeness (QED) is 0.152. The van der Waals surface area contributed by atoms with E-state index in [1.54, 1.807) is 85.2 Å². The molecular formula is C49H52FN8O6P. The number of aromatic nitrogens is 7. The van der Waals surface area contributed by atoms with Crippen LogP contribution in [0.2, 0.25) is 0 Å². The topological polar surface area (TPSA) is 155 Å². The zero-order chi connectivity index (χ0) is 45.7. The SMILES string of the molecule is Cc1cc(-n2nc3c(c2-n2ccn(-c4ccc(P(C)(C)=O)cc4)c2=O)[C@H](C)N(C(=O)c2cc4cc(C5CCOC(C)(C)C5)ccc4n2C2[C@@]4(c5noc(=O)[nH]5)C[C@]24C)CC3)cc(C)c1F. The van der Waals surface area contributed by atoms with Crippen molar-refractivity contribution in [2.24, 2.45) is 5.41 Å². The Kier molecular flexibility index (Phi) is 8.96. The van der Waals surface area contributed by atoms with Crippen LogP contribution in [-0.4, -0.2) is 76.5 Å². The maximum Gasteiger partial charge on any atom is 0.438 e. The highest BCUT2D eigenvalue weighted by atomic mass is 31.2. The van der Waals surface area contributed by atoms with Crippen molar-refractivity contribution in [2.45, 2.75) is 96.2 Å². The molecule has 2 aliphatic carbocycles. The molecule has 3 fully saturated rings. The smallest absolute Gasteiger partial charge is 0.376 e. The minimum atomic E-state index is -2.52. The lowest BCUT2D eigenvalue weighted by molar-refractivity contribution is -0.0592. The largest absolute Gasteiger partial charge is 0.438 e. The van der Waals surface area contributed by atoms with E-state index in [0.717, 1.165) is 35.9 Å². The molecule has 11 rings (SSSR count). The molecule has 0 radical (unpaired) electrons. The van der Waals surface area contributed by atoms with E-state index in [1.165, 1.54) is 10.1 Å². The van der Waals surface area contributed by atoms with Crippen LogP contribution in [0.1, 0.15) is 109 Å². The van der Waals surface area contributed by atoms with Crippen LogP contribution in [0, 0.1) is 25.1 Å². The van der Waals surface area contributed by atoms with Gasteiger partial charge in [0.2, 0.25) is 0 Å². The molecule has 2 aliphatic heterocycles. The number of benzene rings is 3. The summed E-state index contributed by atoms with van der Waals surface area (Å²) >= 11 is 0. The van der Waals surface area contributed by atoms with Crippen molar-refractivity contribution in [1.82, 2.24) is 38.5 Å². The van der Waals surface area contributed by atoms with Crippen molar-refractivity contribution in [2.75, 3.05) is 26.5 Å². The molecule has 7 aromatic rings. The summed E-state index contributed by atoms with van der Waals surface area (Å²) in [6.07, 6.45) is 6.36. The minimum Gasteiger partial charge on any atom is -0.376 e. The highest BCUT2D eigenvalue weighted by Crippen LogP contribution is 2.91. The molecule has 14 nitrogen and oxygen atoms in total. The summed E-state index contributed by atoms with van der Waals surface area (Å²) in [5.41, 5.74) is 4.82. The first-order chi connectivity index (χ1) is 30.8. The van der Waals surface area contributed by atoms with Crippen LogP contribution >= 0.6 is 7.14 Å². The number of fused-ring (bicyclic) bond motifs is 3. The van der Waals surface area contributed by atoms with Gasteiger partial charge in [-0.05, 0) is 144 Å². The van der Waals surface area contributed by atoms with E-state index in [4.69, 9.17) is 14.4 Å². The van der Waals surface area contributed by atoms with Gasteiger partial charge in [0.25, 0.3) is 5.91 Å². The van der Waals surface area contributed by atoms with Crippen molar-refractivity contribution in [3.05, 3.63) is 139 Å². The fourth-order valence-electron chi connectivity index (χ4n) is 11.5. The Bertz CT molecular complexity index is 3290. The number of aromatic amines is 1. The van der Waals surface area contributed by atoms with Crippen LogP contribution in [0.3, 0.4) is 0 Å². The number of carbonyl (C=O) groups excluding carboxylic acids is 1. The van der Waals surface area contributed by atoms with Crippen LogP contribution in [-0.2, 0) is 21.1 Å². The number of hydrogen-bond acceptors (Lipinski definition) is 8. The van der Waals surface area contributed by atoms with Crippen molar-refractivity contribution in [3.8, 4) is 17.2 Å². The van der Waals surface area contributed by atoms with E-state index < -0.39 is 24.4 Å². The predicted octanol–water partition coefficient (Wildman–Crippen LogP) is 7.78. The Morgan fingerprint density at radius 1 is 0.954 bits per heavy atom. The van der Waals surface area contributed by atoms with Gasteiger partial charge in [0.15, 0.2) is 5.82 Å². The highest BCUT2D eigenvalue weighted by molar-refractivity contribution is 7.70. The van der Waals surface area contributed by atoms with Crippen LogP contribution in [0.5, 0.6) is 0 Å². The molecule has 4 aliphatic rings. The predicted molar refractivity (Wildman–Crippen MR) is 245 cm³/mol. The minimum absolute atomic E-state index is 0.159. The summed E-state index contributed by atoms with van der Waals surface area (Å²) < 4.78 is 45.9. The number of H-pyrrole nitrogens is 1. The first-order valence-corrected chi connectivity index (χ1v) is 24.9. The van der Waals surface area contributed by atoms with Gasteiger partial charge in [-0.2, -0.15) is 5.10 Å². The lowest BCUT2D eigenvalue weighted by atomic mass is 9.83. The number of amides is 1. The average molecular weight is 899 g/mol. The third kappa shape index (κ3) is 6.21. The van der Waals surface area contributed by atoms with Gasteiger partial charge in [0.1, 0.15) is 24.5 Å². The number of imidazole rings is 1. The summed E-state index contributed by atoms with van der Waals surface area (Å²) in [7, 11) is -2.52. The fraction of sp³-hybridized carbons (Fsp3) is 0.408. The summed E-state index contributed by atoms with van der Waals surface area (Å²) in [6.45, 7) is 16.3. The molecule has 1 N–H and O–H groups in total. The summed E-state index contributed by atoms with van der Waals surface area (Å²) in [4.78, 5) is 47.1. The van der Waals surface area contributed by atoms with Crippen LogP contribution in [0.4, 0.5) is 4.39 Å². The van der Waals surface area contributed by atoms with Gasteiger partial charge >= 0.3 is 11.4 Å². The number of carbonyl (C=O) groups is 1. The zero-order valence-corrected chi connectivity index (χ0v) is 38.7. The lowest BCUT2D eigenvalue weighted by Crippen LogP contribution is -2.40. The molecule has 2 saturated carbocycles. The molecule has 65 heavy (non-hydrogen) atoms. The number of hydrogen-bond donors (Lipinski definition) is 1. The summed E-state index contributed by atoms with van der Waals surface area (Å²) in [5, 5.41) is 10.9. The summed E-state index contributed by atoms with van der Waals surface area (Å²) in [6, 6.07) is 18.4.